The number of carbonyl (C=O) groups excluding carboxylic acids is 1. The van der Waals surface area contributed by atoms with E-state index in [0.717, 1.165) is 30.2 Å². The summed E-state index contributed by atoms with van der Waals surface area (Å²) < 4.78 is 16.5. The number of nitrogens with zero attached hydrogens (tertiary/aromatic N) is 1. The number of rotatable bonds is 6. The van der Waals surface area contributed by atoms with Crippen LogP contribution in [0.3, 0.4) is 0 Å². The fourth-order valence-electron chi connectivity index (χ4n) is 3.54. The number of amides is 1. The third kappa shape index (κ3) is 4.68. The molecule has 1 aromatic rings. The number of morpholine rings is 1. The zero-order valence-electron chi connectivity index (χ0n) is 16.2. The second kappa shape index (κ2) is 7.84. The fourth-order valence-corrected chi connectivity index (χ4v) is 3.54. The van der Waals surface area contributed by atoms with Gasteiger partial charge >= 0.3 is 0 Å². The van der Waals surface area contributed by atoms with Gasteiger partial charge in [-0.1, -0.05) is 6.07 Å². The third-order valence-corrected chi connectivity index (χ3v) is 5.07. The molecule has 1 saturated heterocycles. The molecule has 1 aromatic carbocycles. The van der Waals surface area contributed by atoms with Gasteiger partial charge in [0.05, 0.1) is 12.2 Å². The molecule has 2 atom stereocenters. The summed E-state index contributed by atoms with van der Waals surface area (Å²) in [7, 11) is 0. The van der Waals surface area contributed by atoms with Crippen LogP contribution in [0.4, 0.5) is 0 Å². The van der Waals surface area contributed by atoms with Gasteiger partial charge in [0, 0.05) is 31.6 Å². The zero-order valence-corrected chi connectivity index (χ0v) is 16.2. The monoisotopic (exact) mass is 362 g/mol. The van der Waals surface area contributed by atoms with Gasteiger partial charge in [0.1, 0.15) is 0 Å². The molecule has 2 aliphatic rings. The molecule has 0 aliphatic carbocycles. The molecule has 0 saturated carbocycles. The summed E-state index contributed by atoms with van der Waals surface area (Å²) in [5, 5.41) is 3.10. The molecular weight excluding hydrogens is 332 g/mol. The molecule has 0 spiro atoms. The maximum Gasteiger partial charge on any atom is 0.231 e. The van der Waals surface area contributed by atoms with Crippen molar-refractivity contribution in [2.45, 2.75) is 58.3 Å². The highest BCUT2D eigenvalue weighted by atomic mass is 16.7. The van der Waals surface area contributed by atoms with Crippen LogP contribution in [0.15, 0.2) is 18.2 Å². The van der Waals surface area contributed by atoms with E-state index in [9.17, 15) is 4.79 Å². The van der Waals surface area contributed by atoms with Crippen molar-refractivity contribution in [3.63, 3.8) is 0 Å². The van der Waals surface area contributed by atoms with Gasteiger partial charge in [0.2, 0.25) is 12.7 Å². The van der Waals surface area contributed by atoms with Crippen molar-refractivity contribution in [2.24, 2.45) is 0 Å². The normalized spacial score (nSPS) is 23.1. The van der Waals surface area contributed by atoms with Gasteiger partial charge in [-0.25, -0.2) is 0 Å². The van der Waals surface area contributed by atoms with E-state index in [1.165, 1.54) is 0 Å². The van der Waals surface area contributed by atoms with Crippen LogP contribution < -0.4 is 14.8 Å². The quantitative estimate of drug-likeness (QED) is 0.842. The topological polar surface area (TPSA) is 60.0 Å². The van der Waals surface area contributed by atoms with E-state index in [-0.39, 0.29) is 30.4 Å². The predicted octanol–water partition coefficient (Wildman–Crippen LogP) is 2.35. The minimum atomic E-state index is -0.0965. The lowest BCUT2D eigenvalue weighted by Gasteiger charge is -2.45. The molecule has 1 amide bonds. The van der Waals surface area contributed by atoms with E-state index in [4.69, 9.17) is 14.2 Å². The summed E-state index contributed by atoms with van der Waals surface area (Å²) in [6.45, 7) is 11.2. The summed E-state index contributed by atoms with van der Waals surface area (Å²) in [5.41, 5.74) is 0.986. The van der Waals surface area contributed by atoms with Crippen molar-refractivity contribution < 1.29 is 19.0 Å². The molecule has 6 nitrogen and oxygen atoms in total. The van der Waals surface area contributed by atoms with E-state index in [1.54, 1.807) is 0 Å². The van der Waals surface area contributed by atoms with Gasteiger partial charge < -0.3 is 19.5 Å². The summed E-state index contributed by atoms with van der Waals surface area (Å²) in [6, 6.07) is 5.84. The summed E-state index contributed by atoms with van der Waals surface area (Å²) in [5.74, 6) is 1.61. The molecule has 1 N–H and O–H groups in total. The van der Waals surface area contributed by atoms with E-state index in [1.807, 2.05) is 18.2 Å². The first-order valence-electron chi connectivity index (χ1n) is 9.39. The summed E-state index contributed by atoms with van der Waals surface area (Å²) in [4.78, 5) is 14.7. The molecular formula is C20H30N2O4. The number of ether oxygens (including phenoxy) is 3. The van der Waals surface area contributed by atoms with Gasteiger partial charge in [0.25, 0.3) is 0 Å². The van der Waals surface area contributed by atoms with Crippen molar-refractivity contribution >= 4 is 5.91 Å². The average molecular weight is 362 g/mol. The lowest BCUT2D eigenvalue weighted by molar-refractivity contribution is -0.122. The van der Waals surface area contributed by atoms with E-state index in [0.29, 0.717) is 19.4 Å². The number of fused-ring (bicyclic) bond motifs is 1. The Morgan fingerprint density at radius 1 is 1.19 bits per heavy atom. The number of carbonyl (C=O) groups is 1. The third-order valence-electron chi connectivity index (χ3n) is 5.07. The van der Waals surface area contributed by atoms with Gasteiger partial charge in [-0.05, 0) is 51.8 Å². The highest BCUT2D eigenvalue weighted by Crippen LogP contribution is 2.32. The number of nitrogens with one attached hydrogen (secondary N) is 1. The molecule has 0 aromatic heterocycles. The first-order valence-corrected chi connectivity index (χ1v) is 9.39. The van der Waals surface area contributed by atoms with Gasteiger partial charge in [-0.15, -0.1) is 0 Å². The molecule has 6 heteroatoms. The van der Waals surface area contributed by atoms with Crippen LogP contribution in [-0.2, 0) is 16.0 Å². The Morgan fingerprint density at radius 3 is 2.62 bits per heavy atom. The highest BCUT2D eigenvalue weighted by molar-refractivity contribution is 5.76. The van der Waals surface area contributed by atoms with Crippen LogP contribution in [0, 0.1) is 0 Å². The Morgan fingerprint density at radius 2 is 1.88 bits per heavy atom. The molecule has 26 heavy (non-hydrogen) atoms. The molecule has 2 aliphatic heterocycles. The van der Waals surface area contributed by atoms with Crippen molar-refractivity contribution in [3.05, 3.63) is 23.8 Å². The summed E-state index contributed by atoms with van der Waals surface area (Å²) in [6.07, 6.45) is 1.60. The van der Waals surface area contributed by atoms with E-state index in [2.05, 4.69) is 37.9 Å². The molecule has 2 heterocycles. The Bertz CT molecular complexity index is 637. The van der Waals surface area contributed by atoms with Crippen molar-refractivity contribution in [3.8, 4) is 11.5 Å². The van der Waals surface area contributed by atoms with Crippen LogP contribution in [0.1, 0.15) is 39.7 Å². The van der Waals surface area contributed by atoms with E-state index < -0.39 is 0 Å². The van der Waals surface area contributed by atoms with Crippen molar-refractivity contribution in [1.82, 2.24) is 10.2 Å². The van der Waals surface area contributed by atoms with Gasteiger partial charge in [-0.3, -0.25) is 9.69 Å². The van der Waals surface area contributed by atoms with Crippen LogP contribution in [-0.4, -0.2) is 55.0 Å². The molecule has 144 valence electrons. The van der Waals surface area contributed by atoms with Gasteiger partial charge in [-0.2, -0.15) is 0 Å². The molecule has 3 rings (SSSR count). The number of hydrogen-bond acceptors (Lipinski definition) is 5. The zero-order chi connectivity index (χ0) is 18.7. The number of benzene rings is 1. The maximum absolute atomic E-state index is 12.3. The van der Waals surface area contributed by atoms with Crippen LogP contribution in [0.2, 0.25) is 0 Å². The minimum Gasteiger partial charge on any atom is -0.454 e. The Hall–Kier alpha value is -1.79. The minimum absolute atomic E-state index is 0.0742. The highest BCUT2D eigenvalue weighted by Gasteiger charge is 2.33. The van der Waals surface area contributed by atoms with Crippen molar-refractivity contribution in [1.29, 1.82) is 0 Å². The smallest absolute Gasteiger partial charge is 0.231 e. The molecule has 1 fully saturated rings. The molecule has 0 radical (unpaired) electrons. The summed E-state index contributed by atoms with van der Waals surface area (Å²) >= 11 is 0. The van der Waals surface area contributed by atoms with Crippen LogP contribution in [0.25, 0.3) is 0 Å². The second-order valence-electron chi connectivity index (χ2n) is 7.94. The van der Waals surface area contributed by atoms with E-state index >= 15 is 0 Å². The molecule has 0 unspecified atom stereocenters. The standard InChI is InChI=1S/C20H30N2O4/c1-14-10-22(11-15(2)26-14)20(3,4)12-21-19(23)8-6-16-5-7-17-18(9-16)25-13-24-17/h5,7,9,14-15H,6,8,10-13H2,1-4H3,(H,21,23)/t14-,15-/m1/s1. The lowest BCUT2D eigenvalue weighted by atomic mass is 10.00. The number of hydrogen-bond donors (Lipinski definition) is 1. The lowest BCUT2D eigenvalue weighted by Crippen LogP contribution is -2.58. The van der Waals surface area contributed by atoms with Crippen LogP contribution in [0.5, 0.6) is 11.5 Å². The molecule has 0 bridgehead atoms. The van der Waals surface area contributed by atoms with Crippen molar-refractivity contribution in [2.75, 3.05) is 26.4 Å². The fraction of sp³-hybridized carbons (Fsp3) is 0.650. The van der Waals surface area contributed by atoms with Gasteiger partial charge in [0.15, 0.2) is 11.5 Å². The van der Waals surface area contributed by atoms with Crippen LogP contribution >= 0.6 is 0 Å². The number of aryl methyl sites for hydroxylation is 1. The maximum atomic E-state index is 12.3. The largest absolute Gasteiger partial charge is 0.454 e. The Labute approximate surface area is 155 Å². The average Bonchev–Trinajstić information content (AvgIpc) is 3.05. The first-order chi connectivity index (χ1) is 12.3. The Kier molecular flexibility index (Phi) is 5.73. The second-order valence-corrected chi connectivity index (χ2v) is 7.94. The first kappa shape index (κ1) is 19.0. The predicted molar refractivity (Wildman–Crippen MR) is 99.6 cm³/mol. The Balaban J connectivity index is 1.46. The SMILES string of the molecule is C[C@@H]1CN(C(C)(C)CNC(=O)CCc2ccc3c(c2)OCO3)C[C@@H](C)O1.